The summed E-state index contributed by atoms with van der Waals surface area (Å²) in [7, 11) is 1.65. The molecule has 0 amide bonds. The van der Waals surface area contributed by atoms with Gasteiger partial charge in [-0.25, -0.2) is 0 Å². The average Bonchev–Trinajstić information content (AvgIpc) is 2.17. The van der Waals surface area contributed by atoms with Gasteiger partial charge in [0.15, 0.2) is 0 Å². The van der Waals surface area contributed by atoms with Gasteiger partial charge in [0, 0.05) is 5.54 Å². The molecule has 0 aromatic heterocycles. The highest BCUT2D eigenvalue weighted by molar-refractivity contribution is 9.10. The zero-order valence-electron chi connectivity index (χ0n) is 8.80. The zero-order valence-corrected chi connectivity index (χ0v) is 10.4. The van der Waals surface area contributed by atoms with Crippen molar-refractivity contribution in [2.45, 2.75) is 25.8 Å². The quantitative estimate of drug-likeness (QED) is 0.904. The molecule has 0 aliphatic rings. The highest BCUT2D eigenvalue weighted by Gasteiger charge is 2.19. The van der Waals surface area contributed by atoms with Crippen LogP contribution in [0.3, 0.4) is 0 Å². The van der Waals surface area contributed by atoms with Crippen molar-refractivity contribution in [3.8, 4) is 5.75 Å². The number of halogens is 1. The summed E-state index contributed by atoms with van der Waals surface area (Å²) in [6.45, 7) is 4.11. The molecule has 2 nitrogen and oxygen atoms in total. The molecule has 78 valence electrons. The molecule has 14 heavy (non-hydrogen) atoms. The number of benzene rings is 1. The summed E-state index contributed by atoms with van der Waals surface area (Å²) in [6, 6.07) is 5.95. The van der Waals surface area contributed by atoms with Crippen LogP contribution in [-0.2, 0) is 5.54 Å². The van der Waals surface area contributed by atoms with Crippen molar-refractivity contribution in [2.75, 3.05) is 7.11 Å². The minimum atomic E-state index is -0.269. The first-order valence-corrected chi connectivity index (χ1v) is 5.43. The molecular weight excluding hydrogens is 242 g/mol. The Morgan fingerprint density at radius 1 is 1.50 bits per heavy atom. The van der Waals surface area contributed by atoms with Crippen molar-refractivity contribution in [1.82, 2.24) is 0 Å². The predicted octanol–water partition coefficient (Wildman–Crippen LogP) is 3.04. The lowest BCUT2D eigenvalue weighted by Gasteiger charge is -2.23. The Kier molecular flexibility index (Phi) is 3.56. The van der Waals surface area contributed by atoms with Gasteiger partial charge in [-0.1, -0.05) is 13.0 Å². The largest absolute Gasteiger partial charge is 0.496 e. The molecule has 1 aromatic rings. The molecule has 0 heterocycles. The van der Waals surface area contributed by atoms with E-state index in [0.29, 0.717) is 0 Å². The smallest absolute Gasteiger partial charge is 0.133 e. The van der Waals surface area contributed by atoms with Crippen molar-refractivity contribution < 1.29 is 4.74 Å². The van der Waals surface area contributed by atoms with E-state index < -0.39 is 0 Å². The first-order chi connectivity index (χ1) is 6.51. The minimum Gasteiger partial charge on any atom is -0.496 e. The molecule has 1 aromatic carbocycles. The van der Waals surface area contributed by atoms with Crippen LogP contribution in [0.1, 0.15) is 25.8 Å². The average molecular weight is 258 g/mol. The fraction of sp³-hybridized carbons (Fsp3) is 0.455. The fourth-order valence-corrected chi connectivity index (χ4v) is 1.77. The molecule has 0 spiro atoms. The van der Waals surface area contributed by atoms with E-state index in [1.807, 2.05) is 25.1 Å². The van der Waals surface area contributed by atoms with E-state index in [-0.39, 0.29) is 5.54 Å². The molecule has 1 rings (SSSR count). The molecule has 2 N–H and O–H groups in total. The maximum absolute atomic E-state index is 6.14. The van der Waals surface area contributed by atoms with Gasteiger partial charge in [0.1, 0.15) is 5.75 Å². The highest BCUT2D eigenvalue weighted by atomic mass is 79.9. The Bertz CT molecular complexity index is 323. The van der Waals surface area contributed by atoms with Crippen molar-refractivity contribution in [3.63, 3.8) is 0 Å². The van der Waals surface area contributed by atoms with Crippen molar-refractivity contribution >= 4 is 15.9 Å². The number of hydrogen-bond acceptors (Lipinski definition) is 2. The van der Waals surface area contributed by atoms with Crippen LogP contribution in [0.5, 0.6) is 5.75 Å². The summed E-state index contributed by atoms with van der Waals surface area (Å²) in [5, 5.41) is 0. The van der Waals surface area contributed by atoms with Crippen LogP contribution in [0.4, 0.5) is 0 Å². The lowest BCUT2D eigenvalue weighted by molar-refractivity contribution is 0.410. The maximum Gasteiger partial charge on any atom is 0.133 e. The SMILES string of the molecule is CC[C@@](C)(N)c1ccc(OC)c(Br)c1. The fourth-order valence-electron chi connectivity index (χ4n) is 1.23. The summed E-state index contributed by atoms with van der Waals surface area (Å²) in [4.78, 5) is 0. The third-order valence-corrected chi connectivity index (χ3v) is 3.17. The topological polar surface area (TPSA) is 35.2 Å². The summed E-state index contributed by atoms with van der Waals surface area (Å²) in [5.41, 5.74) is 6.99. The number of rotatable bonds is 3. The van der Waals surface area contributed by atoms with E-state index in [0.717, 1.165) is 22.2 Å². The Balaban J connectivity index is 3.08. The molecule has 1 atom stereocenters. The number of hydrogen-bond donors (Lipinski definition) is 1. The van der Waals surface area contributed by atoms with Crippen LogP contribution in [0, 0.1) is 0 Å². The Morgan fingerprint density at radius 3 is 2.57 bits per heavy atom. The van der Waals surface area contributed by atoms with Crippen molar-refractivity contribution in [2.24, 2.45) is 5.73 Å². The molecule has 0 unspecified atom stereocenters. The maximum atomic E-state index is 6.14. The third-order valence-electron chi connectivity index (χ3n) is 2.55. The van der Waals surface area contributed by atoms with Crippen LogP contribution < -0.4 is 10.5 Å². The van der Waals surface area contributed by atoms with Gasteiger partial charge in [0.2, 0.25) is 0 Å². The molecule has 0 saturated heterocycles. The number of nitrogens with two attached hydrogens (primary N) is 1. The predicted molar refractivity (Wildman–Crippen MR) is 62.5 cm³/mol. The molecule has 0 bridgehead atoms. The Hall–Kier alpha value is -0.540. The number of methoxy groups -OCH3 is 1. The van der Waals surface area contributed by atoms with Gasteiger partial charge in [-0.15, -0.1) is 0 Å². The molecule has 0 fully saturated rings. The second-order valence-corrected chi connectivity index (χ2v) is 4.47. The third kappa shape index (κ3) is 2.28. The highest BCUT2D eigenvalue weighted by Crippen LogP contribution is 2.30. The summed E-state index contributed by atoms with van der Waals surface area (Å²) < 4.78 is 6.11. The van der Waals surface area contributed by atoms with Gasteiger partial charge in [0.25, 0.3) is 0 Å². The van der Waals surface area contributed by atoms with Gasteiger partial charge in [-0.3, -0.25) is 0 Å². The molecule has 3 heteroatoms. The van der Waals surface area contributed by atoms with Gasteiger partial charge >= 0.3 is 0 Å². The zero-order chi connectivity index (χ0) is 10.8. The van der Waals surface area contributed by atoms with Crippen LogP contribution in [0.15, 0.2) is 22.7 Å². The number of ether oxygens (including phenoxy) is 1. The summed E-state index contributed by atoms with van der Waals surface area (Å²) in [5.74, 6) is 0.834. The molecule has 0 saturated carbocycles. The van der Waals surface area contributed by atoms with Crippen molar-refractivity contribution in [3.05, 3.63) is 28.2 Å². The normalized spacial score (nSPS) is 14.9. The summed E-state index contributed by atoms with van der Waals surface area (Å²) in [6.07, 6.45) is 0.909. The first kappa shape index (κ1) is 11.5. The van der Waals surface area contributed by atoms with E-state index in [1.165, 1.54) is 0 Å². The van der Waals surface area contributed by atoms with Crippen LogP contribution >= 0.6 is 15.9 Å². The first-order valence-electron chi connectivity index (χ1n) is 4.64. The van der Waals surface area contributed by atoms with E-state index >= 15 is 0 Å². The van der Waals surface area contributed by atoms with Gasteiger partial charge in [0.05, 0.1) is 11.6 Å². The molecule has 0 aliphatic carbocycles. The lowest BCUT2D eigenvalue weighted by atomic mass is 9.91. The van der Waals surface area contributed by atoms with Crippen LogP contribution in [0.2, 0.25) is 0 Å². The van der Waals surface area contributed by atoms with Crippen LogP contribution in [0.25, 0.3) is 0 Å². The second-order valence-electron chi connectivity index (χ2n) is 3.62. The standard InChI is InChI=1S/C11H16BrNO/c1-4-11(2,13)8-5-6-10(14-3)9(12)7-8/h5-7H,4,13H2,1-3H3/t11-/m1/s1. The van der Waals surface area contributed by atoms with E-state index in [9.17, 15) is 0 Å². The van der Waals surface area contributed by atoms with Gasteiger partial charge in [-0.2, -0.15) is 0 Å². The van der Waals surface area contributed by atoms with Gasteiger partial charge < -0.3 is 10.5 Å². The van der Waals surface area contributed by atoms with E-state index in [2.05, 4.69) is 22.9 Å². The lowest BCUT2D eigenvalue weighted by Crippen LogP contribution is -2.31. The molecule has 0 radical (unpaired) electrons. The van der Waals surface area contributed by atoms with E-state index in [1.54, 1.807) is 7.11 Å². The van der Waals surface area contributed by atoms with Crippen molar-refractivity contribution in [1.29, 1.82) is 0 Å². The van der Waals surface area contributed by atoms with Crippen LogP contribution in [-0.4, -0.2) is 7.11 Å². The molecular formula is C11H16BrNO. The summed E-state index contributed by atoms with van der Waals surface area (Å²) >= 11 is 3.45. The minimum absolute atomic E-state index is 0.269. The van der Waals surface area contributed by atoms with E-state index in [4.69, 9.17) is 10.5 Å². The monoisotopic (exact) mass is 257 g/mol. The Labute approximate surface area is 93.6 Å². The molecule has 0 aliphatic heterocycles. The Morgan fingerprint density at radius 2 is 2.14 bits per heavy atom. The van der Waals surface area contributed by atoms with Gasteiger partial charge in [-0.05, 0) is 47.0 Å². The second kappa shape index (κ2) is 4.32.